The number of nitrogens with zero attached hydrogens (tertiary/aromatic N) is 3. The molecular formula is C24H33N4O7+. The maximum Gasteiger partial charge on any atom is 0.383 e. The predicted molar refractivity (Wildman–Crippen MR) is 125 cm³/mol. The molecule has 0 aromatic heterocycles. The molecule has 4 amide bonds. The maximum atomic E-state index is 14.4. The molecule has 2 heterocycles. The Balaban J connectivity index is 2.47. The summed E-state index contributed by atoms with van der Waals surface area (Å²) < 4.78 is -1.32. The number of aliphatic hydroxyl groups excluding tert-OH is 1. The summed E-state index contributed by atoms with van der Waals surface area (Å²) >= 11 is 0. The van der Waals surface area contributed by atoms with Crippen molar-refractivity contribution in [1.82, 2.24) is 9.80 Å². The standard InChI is InChI=1S/C24H32N4O7/c1-5-26(6-2)24(14(3)4,23(34)35)28(18-9-10-19(30)27(11-12-29)20(18)31)21(32)16-8-7-15(25)13-17(16)22(28)33/h7-8,13-14,18,29H,5-6,9-12H2,1-4H3,(H2-,25,32,34,35)/p+1/t18?,24?,28-/m0/s1. The van der Waals surface area contributed by atoms with E-state index in [9.17, 15) is 34.2 Å². The number of aliphatic carboxylic acids is 1. The molecule has 1 aromatic rings. The number of aliphatic hydroxyl groups is 1. The van der Waals surface area contributed by atoms with E-state index >= 15 is 0 Å². The minimum atomic E-state index is -2.16. The molecule has 3 rings (SSSR count). The van der Waals surface area contributed by atoms with E-state index in [-0.39, 0.29) is 49.3 Å². The summed E-state index contributed by atoms with van der Waals surface area (Å²) in [5, 5.41) is 20.3. The SMILES string of the molecule is CCN(CC)C(C(=O)O)(C(C)C)[N@@+]1(C2CCC(=O)N(CCO)C2=O)C(=O)c2ccc(N)cc2C1=O. The van der Waals surface area contributed by atoms with Crippen LogP contribution >= 0.6 is 0 Å². The Bertz CT molecular complexity index is 1080. The third-order valence-electron chi connectivity index (χ3n) is 7.32. The molecule has 11 heteroatoms. The van der Waals surface area contributed by atoms with Crippen molar-refractivity contribution >= 4 is 35.3 Å². The van der Waals surface area contributed by atoms with Gasteiger partial charge in [0.05, 0.1) is 24.3 Å². The molecule has 2 aliphatic heterocycles. The lowest BCUT2D eigenvalue weighted by Gasteiger charge is -2.54. The van der Waals surface area contributed by atoms with Crippen molar-refractivity contribution in [1.29, 1.82) is 0 Å². The fraction of sp³-hybridized carbons (Fsp3) is 0.542. The first-order valence-corrected chi connectivity index (χ1v) is 11.8. The number of quaternary nitrogens is 1. The topological polar surface area (TPSA) is 158 Å². The van der Waals surface area contributed by atoms with Crippen molar-refractivity contribution in [3.05, 3.63) is 29.3 Å². The van der Waals surface area contributed by atoms with Gasteiger partial charge < -0.3 is 15.9 Å². The van der Waals surface area contributed by atoms with E-state index < -0.39 is 58.3 Å². The minimum absolute atomic E-state index is 0.0129. The van der Waals surface area contributed by atoms with Crippen molar-refractivity contribution < 1.29 is 38.7 Å². The highest BCUT2D eigenvalue weighted by molar-refractivity contribution is 6.17. The first-order valence-electron chi connectivity index (χ1n) is 11.8. The number of carbonyl (C=O) groups is 5. The van der Waals surface area contributed by atoms with Gasteiger partial charge in [0.2, 0.25) is 5.91 Å². The smallest absolute Gasteiger partial charge is 0.383 e. The summed E-state index contributed by atoms with van der Waals surface area (Å²) in [6, 6.07) is 2.68. The third kappa shape index (κ3) is 3.40. The number of carboxylic acid groups (broad SMARTS) is 1. The average molecular weight is 490 g/mol. The Morgan fingerprint density at radius 2 is 1.77 bits per heavy atom. The van der Waals surface area contributed by atoms with Crippen LogP contribution in [0, 0.1) is 5.92 Å². The number of nitrogen functional groups attached to an aromatic ring is 1. The minimum Gasteiger partial charge on any atom is -0.475 e. The number of likely N-dealkylation sites (tertiary alicyclic amines) is 1. The predicted octanol–water partition coefficient (Wildman–Crippen LogP) is 0.668. The fourth-order valence-corrected chi connectivity index (χ4v) is 5.98. The number of rotatable bonds is 9. The van der Waals surface area contributed by atoms with E-state index in [0.29, 0.717) is 0 Å². The van der Waals surface area contributed by atoms with Crippen LogP contribution in [-0.4, -0.2) is 92.0 Å². The van der Waals surface area contributed by atoms with Gasteiger partial charge in [0.1, 0.15) is 0 Å². The van der Waals surface area contributed by atoms with Crippen LogP contribution < -0.4 is 5.73 Å². The molecule has 11 nitrogen and oxygen atoms in total. The monoisotopic (exact) mass is 489 g/mol. The van der Waals surface area contributed by atoms with Crippen LogP contribution in [0.4, 0.5) is 5.69 Å². The highest BCUT2D eigenvalue weighted by atomic mass is 16.4. The summed E-state index contributed by atoms with van der Waals surface area (Å²) in [5.74, 6) is -5.28. The van der Waals surface area contributed by atoms with Gasteiger partial charge in [0, 0.05) is 37.5 Å². The lowest BCUT2D eigenvalue weighted by atomic mass is 9.84. The van der Waals surface area contributed by atoms with Crippen molar-refractivity contribution in [2.75, 3.05) is 32.0 Å². The number of carboxylic acids is 1. The van der Waals surface area contributed by atoms with Gasteiger partial charge in [0.15, 0.2) is 6.04 Å². The molecule has 2 aliphatic rings. The zero-order valence-corrected chi connectivity index (χ0v) is 20.5. The molecule has 1 aromatic carbocycles. The van der Waals surface area contributed by atoms with Crippen molar-refractivity contribution in [2.24, 2.45) is 5.92 Å². The Morgan fingerprint density at radius 3 is 2.29 bits per heavy atom. The molecule has 3 atom stereocenters. The molecule has 35 heavy (non-hydrogen) atoms. The zero-order chi connectivity index (χ0) is 26.3. The van der Waals surface area contributed by atoms with Crippen LogP contribution in [0.5, 0.6) is 0 Å². The third-order valence-corrected chi connectivity index (χ3v) is 7.32. The van der Waals surface area contributed by atoms with Crippen LogP contribution in [-0.2, 0) is 14.4 Å². The summed E-state index contributed by atoms with van der Waals surface area (Å²) in [5.41, 5.74) is 3.90. The summed E-state index contributed by atoms with van der Waals surface area (Å²) in [4.78, 5) is 70.7. The van der Waals surface area contributed by atoms with E-state index in [4.69, 9.17) is 5.73 Å². The van der Waals surface area contributed by atoms with Gasteiger partial charge in [0.25, 0.3) is 11.6 Å². The number of hydrogen-bond donors (Lipinski definition) is 3. The highest BCUT2D eigenvalue weighted by Crippen LogP contribution is 2.48. The van der Waals surface area contributed by atoms with Crippen molar-refractivity contribution in [2.45, 2.75) is 52.2 Å². The van der Waals surface area contributed by atoms with Gasteiger partial charge in [-0.3, -0.25) is 14.5 Å². The molecule has 4 N–H and O–H groups in total. The lowest BCUT2D eigenvalue weighted by Crippen LogP contribution is -2.84. The quantitative estimate of drug-likeness (QED) is 0.257. The Labute approximate surface area is 203 Å². The molecule has 0 spiro atoms. The number of fused-ring (bicyclic) bond motifs is 1. The molecule has 0 radical (unpaired) electrons. The first-order chi connectivity index (χ1) is 16.5. The average Bonchev–Trinajstić information content (AvgIpc) is 3.01. The Hall–Kier alpha value is -3.15. The number of anilines is 1. The number of hydrogen-bond acceptors (Lipinski definition) is 8. The maximum absolute atomic E-state index is 14.4. The van der Waals surface area contributed by atoms with Gasteiger partial charge in [-0.15, -0.1) is 0 Å². The lowest BCUT2D eigenvalue weighted by molar-refractivity contribution is -0.850. The van der Waals surface area contributed by atoms with Gasteiger partial charge in [-0.2, -0.15) is 4.48 Å². The number of β-amino-alcohol motifs (C(OH)–C–C–N with tert-alkyl or cyclic N) is 1. The Kier molecular flexibility index (Phi) is 7.16. The van der Waals surface area contributed by atoms with E-state index in [1.807, 2.05) is 0 Å². The number of amides is 4. The Morgan fingerprint density at radius 1 is 1.17 bits per heavy atom. The number of carbonyl (C=O) groups excluding carboxylic acids is 4. The summed E-state index contributed by atoms with van der Waals surface area (Å²) in [6.07, 6.45) is -0.370. The molecule has 2 unspecified atom stereocenters. The van der Waals surface area contributed by atoms with Crippen molar-refractivity contribution in [3.63, 3.8) is 0 Å². The molecule has 0 saturated carbocycles. The van der Waals surface area contributed by atoms with E-state index in [1.165, 1.54) is 23.1 Å². The molecule has 1 fully saturated rings. The second-order valence-electron chi connectivity index (χ2n) is 9.16. The normalized spacial score (nSPS) is 24.3. The largest absolute Gasteiger partial charge is 0.475 e. The molecule has 0 aliphatic carbocycles. The second kappa shape index (κ2) is 9.48. The van der Waals surface area contributed by atoms with Crippen LogP contribution in [0.2, 0.25) is 0 Å². The first kappa shape index (κ1) is 26.5. The molecule has 190 valence electrons. The number of benzene rings is 1. The van der Waals surface area contributed by atoms with Gasteiger partial charge in [-0.25, -0.2) is 19.3 Å². The molecule has 0 bridgehead atoms. The number of likely N-dealkylation sites (N-methyl/N-ethyl adjacent to an activating group) is 1. The van der Waals surface area contributed by atoms with Gasteiger partial charge in [-0.1, -0.05) is 27.7 Å². The highest BCUT2D eigenvalue weighted by Gasteiger charge is 2.77. The summed E-state index contributed by atoms with van der Waals surface area (Å²) in [6.45, 7) is 6.20. The van der Waals surface area contributed by atoms with Crippen LogP contribution in [0.3, 0.4) is 0 Å². The van der Waals surface area contributed by atoms with Gasteiger partial charge >= 0.3 is 17.8 Å². The number of piperidine rings is 1. The molecular weight excluding hydrogens is 456 g/mol. The van der Waals surface area contributed by atoms with Crippen LogP contribution in [0.15, 0.2) is 18.2 Å². The molecule has 1 saturated heterocycles. The second-order valence-corrected chi connectivity index (χ2v) is 9.16. The van der Waals surface area contributed by atoms with E-state index in [0.717, 1.165) is 4.90 Å². The number of imide groups is 2. The van der Waals surface area contributed by atoms with E-state index in [1.54, 1.807) is 27.7 Å². The van der Waals surface area contributed by atoms with Crippen molar-refractivity contribution in [3.8, 4) is 0 Å². The van der Waals surface area contributed by atoms with E-state index in [2.05, 4.69) is 0 Å². The van der Waals surface area contributed by atoms with Gasteiger partial charge in [-0.05, 0) is 18.2 Å². The van der Waals surface area contributed by atoms with Crippen LogP contribution in [0.25, 0.3) is 0 Å². The fourth-order valence-electron chi connectivity index (χ4n) is 5.98. The number of nitrogens with two attached hydrogens (primary N) is 1. The zero-order valence-electron chi connectivity index (χ0n) is 20.5. The summed E-state index contributed by atoms with van der Waals surface area (Å²) in [7, 11) is 0. The van der Waals surface area contributed by atoms with Crippen LogP contribution in [0.1, 0.15) is 61.3 Å².